The number of aromatic nitrogens is 3. The maximum atomic E-state index is 12.9. The molecular weight excluding hydrogens is 444 g/mol. The highest BCUT2D eigenvalue weighted by Crippen LogP contribution is 2.37. The van der Waals surface area contributed by atoms with Crippen LogP contribution in [0.25, 0.3) is 22.0 Å². The Balaban J connectivity index is 1.69. The standard InChI is InChI=1S/C27H28N4O4/c1-15-7-5-8-16(2)25(15)35-22-14-30(3)23(32)12-18(22)20-13-31(4)27(34)24-19(20)11-21(29-24)26(33)28-17-9-6-10-17/h5,7-8,11-14,17,29H,6,9-10H2,1-4H3,(H,28,33). The Morgan fingerprint density at radius 1 is 1.03 bits per heavy atom. The molecule has 1 aliphatic rings. The molecule has 1 aromatic carbocycles. The molecule has 0 spiro atoms. The molecule has 0 unspecified atom stereocenters. The minimum atomic E-state index is -0.257. The zero-order chi connectivity index (χ0) is 24.9. The zero-order valence-corrected chi connectivity index (χ0v) is 20.3. The van der Waals surface area contributed by atoms with E-state index < -0.39 is 0 Å². The number of para-hydroxylation sites is 1. The maximum absolute atomic E-state index is 12.9. The lowest BCUT2D eigenvalue weighted by Crippen LogP contribution is -2.39. The Bertz CT molecular complexity index is 1570. The van der Waals surface area contributed by atoms with Crippen LogP contribution in [0.2, 0.25) is 0 Å². The molecule has 1 fully saturated rings. The number of aromatic amines is 1. The third kappa shape index (κ3) is 4.05. The Morgan fingerprint density at radius 2 is 1.74 bits per heavy atom. The average molecular weight is 473 g/mol. The number of hydrogen-bond acceptors (Lipinski definition) is 4. The summed E-state index contributed by atoms with van der Waals surface area (Å²) in [5.74, 6) is 0.948. The van der Waals surface area contributed by atoms with Gasteiger partial charge in [0.05, 0.1) is 6.20 Å². The van der Waals surface area contributed by atoms with E-state index in [-0.39, 0.29) is 23.1 Å². The first-order valence-electron chi connectivity index (χ1n) is 11.7. The number of ether oxygens (including phenoxy) is 1. The van der Waals surface area contributed by atoms with Crippen molar-refractivity contribution in [2.75, 3.05) is 0 Å². The molecule has 5 rings (SSSR count). The van der Waals surface area contributed by atoms with E-state index in [2.05, 4.69) is 10.3 Å². The highest BCUT2D eigenvalue weighted by atomic mass is 16.5. The predicted octanol–water partition coefficient (Wildman–Crippen LogP) is 3.92. The van der Waals surface area contributed by atoms with Gasteiger partial charge >= 0.3 is 0 Å². The van der Waals surface area contributed by atoms with Crippen LogP contribution in [0.3, 0.4) is 0 Å². The molecule has 180 valence electrons. The summed E-state index contributed by atoms with van der Waals surface area (Å²) in [7, 11) is 3.31. The van der Waals surface area contributed by atoms with Crippen molar-refractivity contribution in [3.8, 4) is 22.6 Å². The summed E-state index contributed by atoms with van der Waals surface area (Å²) < 4.78 is 9.28. The van der Waals surface area contributed by atoms with Gasteiger partial charge in [-0.05, 0) is 50.3 Å². The van der Waals surface area contributed by atoms with Crippen molar-refractivity contribution in [1.82, 2.24) is 19.4 Å². The molecule has 1 amide bonds. The summed E-state index contributed by atoms with van der Waals surface area (Å²) in [5, 5.41) is 3.56. The summed E-state index contributed by atoms with van der Waals surface area (Å²) in [4.78, 5) is 41.4. The van der Waals surface area contributed by atoms with E-state index in [1.54, 1.807) is 32.6 Å². The van der Waals surface area contributed by atoms with Crippen LogP contribution in [0.5, 0.6) is 11.5 Å². The Labute approximate surface area is 202 Å². The van der Waals surface area contributed by atoms with Crippen LogP contribution in [-0.4, -0.2) is 26.1 Å². The Hall–Kier alpha value is -4.07. The van der Waals surface area contributed by atoms with Gasteiger partial charge in [0, 0.05) is 48.9 Å². The molecule has 2 N–H and O–H groups in total. The van der Waals surface area contributed by atoms with E-state index in [9.17, 15) is 14.4 Å². The van der Waals surface area contributed by atoms with Gasteiger partial charge in [-0.25, -0.2) is 0 Å². The van der Waals surface area contributed by atoms with Gasteiger partial charge in [0.15, 0.2) is 5.75 Å². The molecule has 0 saturated heterocycles. The molecule has 35 heavy (non-hydrogen) atoms. The highest BCUT2D eigenvalue weighted by Gasteiger charge is 2.23. The second-order valence-electron chi connectivity index (χ2n) is 9.36. The van der Waals surface area contributed by atoms with Crippen molar-refractivity contribution in [2.45, 2.75) is 39.2 Å². The van der Waals surface area contributed by atoms with Crippen molar-refractivity contribution < 1.29 is 9.53 Å². The van der Waals surface area contributed by atoms with E-state index >= 15 is 0 Å². The molecule has 3 heterocycles. The lowest BCUT2D eigenvalue weighted by atomic mass is 9.93. The number of H-pyrrole nitrogens is 1. The third-order valence-electron chi connectivity index (χ3n) is 6.75. The van der Waals surface area contributed by atoms with Crippen LogP contribution in [0, 0.1) is 13.8 Å². The summed E-state index contributed by atoms with van der Waals surface area (Å²) in [6.07, 6.45) is 6.36. The van der Waals surface area contributed by atoms with Gasteiger partial charge in [-0.3, -0.25) is 14.4 Å². The normalized spacial score (nSPS) is 13.6. The molecule has 1 saturated carbocycles. The number of nitrogens with one attached hydrogen (secondary N) is 2. The topological polar surface area (TPSA) is 98.1 Å². The maximum Gasteiger partial charge on any atom is 0.274 e. The fourth-order valence-corrected chi connectivity index (χ4v) is 4.45. The van der Waals surface area contributed by atoms with Crippen molar-refractivity contribution in [2.24, 2.45) is 14.1 Å². The number of pyridine rings is 2. The van der Waals surface area contributed by atoms with Gasteiger partial charge in [0.1, 0.15) is 17.0 Å². The van der Waals surface area contributed by atoms with Crippen LogP contribution < -0.4 is 21.2 Å². The number of benzene rings is 1. The number of amides is 1. The second kappa shape index (κ2) is 8.61. The van der Waals surface area contributed by atoms with E-state index in [4.69, 9.17) is 4.74 Å². The number of hydrogen-bond donors (Lipinski definition) is 2. The zero-order valence-electron chi connectivity index (χ0n) is 20.3. The number of carbonyl (C=O) groups is 1. The Kier molecular flexibility index (Phi) is 5.59. The van der Waals surface area contributed by atoms with E-state index in [1.807, 2.05) is 32.0 Å². The summed E-state index contributed by atoms with van der Waals surface area (Å²) in [6, 6.07) is 9.25. The van der Waals surface area contributed by atoms with Crippen LogP contribution >= 0.6 is 0 Å². The first-order valence-corrected chi connectivity index (χ1v) is 11.7. The predicted molar refractivity (Wildman–Crippen MR) is 135 cm³/mol. The van der Waals surface area contributed by atoms with Crippen LogP contribution in [0.1, 0.15) is 40.9 Å². The van der Waals surface area contributed by atoms with Gasteiger partial charge < -0.3 is 24.2 Å². The number of nitrogens with zero attached hydrogens (tertiary/aromatic N) is 2. The van der Waals surface area contributed by atoms with Gasteiger partial charge in [-0.2, -0.15) is 0 Å². The molecule has 1 aliphatic carbocycles. The molecule has 3 aromatic heterocycles. The molecule has 0 bridgehead atoms. The molecule has 0 aliphatic heterocycles. The first kappa shape index (κ1) is 22.7. The number of rotatable bonds is 5. The monoisotopic (exact) mass is 472 g/mol. The Morgan fingerprint density at radius 3 is 2.40 bits per heavy atom. The van der Waals surface area contributed by atoms with E-state index in [1.165, 1.54) is 15.2 Å². The van der Waals surface area contributed by atoms with Crippen molar-refractivity contribution in [3.05, 3.63) is 80.3 Å². The van der Waals surface area contributed by atoms with Gasteiger partial charge in [-0.15, -0.1) is 0 Å². The molecule has 0 atom stereocenters. The van der Waals surface area contributed by atoms with Crippen molar-refractivity contribution in [3.63, 3.8) is 0 Å². The smallest absolute Gasteiger partial charge is 0.274 e. The summed E-state index contributed by atoms with van der Waals surface area (Å²) >= 11 is 0. The van der Waals surface area contributed by atoms with Crippen LogP contribution in [0.4, 0.5) is 0 Å². The number of aryl methyl sites for hydroxylation is 4. The number of carbonyl (C=O) groups excluding carboxylic acids is 1. The van der Waals surface area contributed by atoms with Crippen molar-refractivity contribution >= 4 is 16.8 Å². The quantitative estimate of drug-likeness (QED) is 0.460. The van der Waals surface area contributed by atoms with E-state index in [0.717, 1.165) is 30.4 Å². The minimum absolute atomic E-state index is 0.172. The molecular formula is C27H28N4O4. The van der Waals surface area contributed by atoms with Crippen molar-refractivity contribution in [1.29, 1.82) is 0 Å². The highest BCUT2D eigenvalue weighted by molar-refractivity contribution is 6.03. The molecule has 4 aromatic rings. The molecule has 8 heteroatoms. The van der Waals surface area contributed by atoms with Crippen LogP contribution in [0.15, 0.2) is 52.3 Å². The average Bonchev–Trinajstić information content (AvgIpc) is 3.24. The summed E-state index contributed by atoms with van der Waals surface area (Å²) in [5.41, 5.74) is 3.25. The van der Waals surface area contributed by atoms with Gasteiger partial charge in [0.25, 0.3) is 17.0 Å². The van der Waals surface area contributed by atoms with Gasteiger partial charge in [0.2, 0.25) is 0 Å². The van der Waals surface area contributed by atoms with E-state index in [0.29, 0.717) is 39.2 Å². The third-order valence-corrected chi connectivity index (χ3v) is 6.75. The largest absolute Gasteiger partial charge is 0.455 e. The fraction of sp³-hybridized carbons (Fsp3) is 0.296. The SMILES string of the molecule is Cc1cccc(C)c1Oc1cn(C)c(=O)cc1-c1cn(C)c(=O)c2[nH]c(C(=O)NC3CCC3)cc12. The van der Waals surface area contributed by atoms with Gasteiger partial charge in [-0.1, -0.05) is 18.2 Å². The summed E-state index contributed by atoms with van der Waals surface area (Å²) in [6.45, 7) is 3.93. The fourth-order valence-electron chi connectivity index (χ4n) is 4.45. The molecule has 8 nitrogen and oxygen atoms in total. The number of fused-ring (bicyclic) bond motifs is 1. The lowest BCUT2D eigenvalue weighted by molar-refractivity contribution is 0.0912. The van der Waals surface area contributed by atoms with Crippen LogP contribution in [-0.2, 0) is 14.1 Å². The lowest BCUT2D eigenvalue weighted by Gasteiger charge is -2.25. The second-order valence-corrected chi connectivity index (χ2v) is 9.36. The molecule has 0 radical (unpaired) electrons. The minimum Gasteiger partial charge on any atom is -0.455 e. The first-order chi connectivity index (χ1) is 16.7.